The minimum absolute atomic E-state index is 0.0455. The molecule has 4 aliphatic rings. The summed E-state index contributed by atoms with van der Waals surface area (Å²) in [5.41, 5.74) is 2.93. The highest BCUT2D eigenvalue weighted by molar-refractivity contribution is 5.80. The Hall–Kier alpha value is -1.36. The lowest BCUT2D eigenvalue weighted by atomic mass is 9.42. The van der Waals surface area contributed by atoms with Crippen LogP contribution in [0.2, 0.25) is 0 Å². The van der Waals surface area contributed by atoms with Crippen LogP contribution in [0, 0.1) is 45.8 Å². The molecular weight excluding hydrogens is 498 g/mol. The zero-order valence-electron chi connectivity index (χ0n) is 26.5. The highest BCUT2D eigenvalue weighted by Gasteiger charge is 2.64. The summed E-state index contributed by atoms with van der Waals surface area (Å²) in [5.74, 6) is 3.05. The minimum Gasteiger partial charge on any atom is -0.481 e. The molecule has 3 saturated carbocycles. The standard InChI is InChI=1S/C35H59NO4/c1-24(2)9-7-10-25(3)28-16-19-35(6)30-12-11-26-23-27(40-22-8-21-36-31(37)13-14-32(38)39)15-18-33(26,4)29(30)17-20-34(28,35)5/h11,24-25,27-30H,7-10,12-23H2,1-6H3,(H,36,37)(H,38,39)/t25-,27+,28-,29?,30-,33+,34-,35+/m1/s1. The van der Waals surface area contributed by atoms with E-state index in [1.165, 1.54) is 57.8 Å². The van der Waals surface area contributed by atoms with Crippen molar-refractivity contribution < 1.29 is 19.4 Å². The molecule has 0 aromatic rings. The second-order valence-corrected chi connectivity index (χ2v) is 15.2. The molecule has 0 spiro atoms. The Bertz CT molecular complexity index is 928. The lowest BCUT2D eigenvalue weighted by Gasteiger charge is -2.63. The number of carbonyl (C=O) groups is 2. The maximum Gasteiger partial charge on any atom is 0.303 e. The summed E-state index contributed by atoms with van der Waals surface area (Å²) in [5, 5.41) is 11.5. The van der Waals surface area contributed by atoms with Gasteiger partial charge in [-0.05, 0) is 104 Å². The van der Waals surface area contributed by atoms with Gasteiger partial charge in [-0.1, -0.05) is 72.5 Å². The monoisotopic (exact) mass is 557 g/mol. The van der Waals surface area contributed by atoms with Crippen LogP contribution in [0.15, 0.2) is 11.6 Å². The quantitative estimate of drug-likeness (QED) is 0.177. The van der Waals surface area contributed by atoms with Crippen LogP contribution in [0.5, 0.6) is 0 Å². The molecule has 4 aliphatic carbocycles. The van der Waals surface area contributed by atoms with Gasteiger partial charge < -0.3 is 15.2 Å². The van der Waals surface area contributed by atoms with Crippen LogP contribution in [-0.2, 0) is 14.3 Å². The Balaban J connectivity index is 1.31. The summed E-state index contributed by atoms with van der Waals surface area (Å²) < 4.78 is 6.30. The Labute approximate surface area is 244 Å². The smallest absolute Gasteiger partial charge is 0.303 e. The van der Waals surface area contributed by atoms with E-state index >= 15 is 0 Å². The number of carboxylic acid groups (broad SMARTS) is 1. The van der Waals surface area contributed by atoms with Crippen molar-refractivity contribution in [2.45, 2.75) is 138 Å². The second-order valence-electron chi connectivity index (χ2n) is 15.2. The van der Waals surface area contributed by atoms with Crippen LogP contribution in [0.4, 0.5) is 0 Å². The number of carbonyl (C=O) groups excluding carboxylic acids is 1. The van der Waals surface area contributed by atoms with Gasteiger partial charge in [-0.2, -0.15) is 0 Å². The van der Waals surface area contributed by atoms with Crippen molar-refractivity contribution in [3.05, 3.63) is 11.6 Å². The van der Waals surface area contributed by atoms with Crippen LogP contribution >= 0.6 is 0 Å². The van der Waals surface area contributed by atoms with E-state index in [1.807, 2.05) is 0 Å². The predicted octanol–water partition coefficient (Wildman–Crippen LogP) is 8.17. The summed E-state index contributed by atoms with van der Waals surface area (Å²) in [6.45, 7) is 16.5. The molecule has 0 aliphatic heterocycles. The number of ether oxygens (including phenoxy) is 1. The molecular formula is C35H59NO4. The predicted molar refractivity (Wildman–Crippen MR) is 162 cm³/mol. The Morgan fingerprint density at radius 1 is 0.975 bits per heavy atom. The summed E-state index contributed by atoms with van der Waals surface area (Å²) in [6.07, 6.45) is 18.1. The highest BCUT2D eigenvalue weighted by atomic mass is 16.5. The average Bonchev–Trinajstić information content (AvgIpc) is 3.18. The molecule has 0 aromatic heterocycles. The highest BCUT2D eigenvalue weighted by Crippen LogP contribution is 2.72. The fraction of sp³-hybridized carbons (Fsp3) is 0.886. The molecule has 0 bridgehead atoms. The third-order valence-corrected chi connectivity index (χ3v) is 12.7. The number of nitrogens with one attached hydrogen (secondary N) is 1. The molecule has 228 valence electrons. The van der Waals surface area contributed by atoms with Crippen molar-refractivity contribution in [2.75, 3.05) is 13.2 Å². The average molecular weight is 558 g/mol. The van der Waals surface area contributed by atoms with Gasteiger partial charge in [0.15, 0.2) is 0 Å². The maximum absolute atomic E-state index is 11.7. The molecule has 0 heterocycles. The minimum atomic E-state index is -0.933. The first-order valence-electron chi connectivity index (χ1n) is 16.7. The zero-order valence-corrected chi connectivity index (χ0v) is 26.5. The second kappa shape index (κ2) is 12.9. The lowest BCUT2D eigenvalue weighted by molar-refractivity contribution is -0.138. The van der Waals surface area contributed by atoms with Gasteiger partial charge in [0.25, 0.3) is 0 Å². The third-order valence-electron chi connectivity index (χ3n) is 12.7. The topological polar surface area (TPSA) is 75.6 Å². The molecule has 4 rings (SSSR count). The number of allylic oxidation sites excluding steroid dienone is 1. The van der Waals surface area contributed by atoms with Crippen molar-refractivity contribution >= 4 is 11.9 Å². The Morgan fingerprint density at radius 2 is 1.73 bits per heavy atom. The summed E-state index contributed by atoms with van der Waals surface area (Å²) in [6, 6.07) is 0. The van der Waals surface area contributed by atoms with E-state index in [1.54, 1.807) is 5.57 Å². The number of rotatable bonds is 13. The van der Waals surface area contributed by atoms with Crippen LogP contribution in [0.3, 0.4) is 0 Å². The van der Waals surface area contributed by atoms with Crippen LogP contribution < -0.4 is 5.32 Å². The van der Waals surface area contributed by atoms with E-state index in [2.05, 4.69) is 52.9 Å². The fourth-order valence-corrected chi connectivity index (χ4v) is 10.0. The molecule has 40 heavy (non-hydrogen) atoms. The molecule has 2 N–H and O–H groups in total. The van der Waals surface area contributed by atoms with Crippen molar-refractivity contribution in [3.8, 4) is 0 Å². The van der Waals surface area contributed by atoms with Crippen LogP contribution in [0.25, 0.3) is 0 Å². The molecule has 3 fully saturated rings. The van der Waals surface area contributed by atoms with Gasteiger partial charge in [-0.25, -0.2) is 0 Å². The summed E-state index contributed by atoms with van der Waals surface area (Å²) >= 11 is 0. The van der Waals surface area contributed by atoms with E-state index in [0.717, 1.165) is 48.9 Å². The zero-order chi connectivity index (χ0) is 29.1. The van der Waals surface area contributed by atoms with Crippen molar-refractivity contribution in [2.24, 2.45) is 45.8 Å². The van der Waals surface area contributed by atoms with Crippen molar-refractivity contribution in [3.63, 3.8) is 0 Å². The molecule has 0 radical (unpaired) electrons. The van der Waals surface area contributed by atoms with Crippen molar-refractivity contribution in [1.82, 2.24) is 5.32 Å². The Kier molecular flexibility index (Phi) is 10.2. The molecule has 5 nitrogen and oxygen atoms in total. The van der Waals surface area contributed by atoms with Gasteiger partial charge in [0.2, 0.25) is 5.91 Å². The number of fused-ring (bicyclic) bond motifs is 5. The van der Waals surface area contributed by atoms with E-state index in [4.69, 9.17) is 9.84 Å². The Morgan fingerprint density at radius 3 is 2.45 bits per heavy atom. The molecule has 5 heteroatoms. The molecule has 1 unspecified atom stereocenters. The van der Waals surface area contributed by atoms with E-state index < -0.39 is 5.97 Å². The number of hydrogen-bond acceptors (Lipinski definition) is 3. The van der Waals surface area contributed by atoms with E-state index in [-0.39, 0.29) is 24.9 Å². The van der Waals surface area contributed by atoms with Crippen molar-refractivity contribution in [1.29, 1.82) is 0 Å². The number of hydrogen-bond donors (Lipinski definition) is 2. The SMILES string of the molecule is CC(C)CCC[C@@H](C)[C@H]1CC[C@@]2(C)[C@@H]3CC=C4C[C@@H](OCCCNC(=O)CCC(=O)O)CC[C@]4(C)C3CC[C@]12C. The van der Waals surface area contributed by atoms with Crippen LogP contribution in [0.1, 0.15) is 131 Å². The number of amides is 1. The van der Waals surface area contributed by atoms with Gasteiger partial charge in [-0.3, -0.25) is 9.59 Å². The maximum atomic E-state index is 11.7. The first-order valence-corrected chi connectivity index (χ1v) is 16.7. The number of carboxylic acids is 1. The first-order chi connectivity index (χ1) is 18.9. The van der Waals surface area contributed by atoms with Gasteiger partial charge in [0.1, 0.15) is 0 Å². The van der Waals surface area contributed by atoms with Crippen LogP contribution in [-0.4, -0.2) is 36.2 Å². The molecule has 0 saturated heterocycles. The van der Waals surface area contributed by atoms with Gasteiger partial charge in [0, 0.05) is 19.6 Å². The van der Waals surface area contributed by atoms with E-state index in [0.29, 0.717) is 29.4 Å². The van der Waals surface area contributed by atoms with Gasteiger partial charge in [0.05, 0.1) is 12.5 Å². The van der Waals surface area contributed by atoms with E-state index in [9.17, 15) is 9.59 Å². The first kappa shape index (κ1) is 31.6. The van der Waals surface area contributed by atoms with Gasteiger partial charge in [-0.15, -0.1) is 0 Å². The largest absolute Gasteiger partial charge is 0.481 e. The lowest BCUT2D eigenvalue weighted by Crippen LogP contribution is -2.55. The normalized spacial score (nSPS) is 37.7. The molecule has 1 amide bonds. The fourth-order valence-electron chi connectivity index (χ4n) is 10.0. The number of aliphatic carboxylic acids is 1. The summed E-state index contributed by atoms with van der Waals surface area (Å²) in [7, 11) is 0. The molecule has 8 atom stereocenters. The summed E-state index contributed by atoms with van der Waals surface area (Å²) in [4.78, 5) is 22.3. The van der Waals surface area contributed by atoms with Gasteiger partial charge >= 0.3 is 5.97 Å². The third kappa shape index (κ3) is 6.35. The molecule has 0 aromatic carbocycles.